The van der Waals surface area contributed by atoms with E-state index in [2.05, 4.69) is 26.1 Å². The quantitative estimate of drug-likeness (QED) is 0.732. The first-order valence-corrected chi connectivity index (χ1v) is 3.58. The van der Waals surface area contributed by atoms with Crippen molar-refractivity contribution in [2.24, 2.45) is 0 Å². The van der Waals surface area contributed by atoms with Gasteiger partial charge < -0.3 is 5.11 Å². The van der Waals surface area contributed by atoms with E-state index in [0.29, 0.717) is 0 Å². The topological polar surface area (TPSA) is 66.0 Å². The molecule has 0 bridgehead atoms. The minimum atomic E-state index is -0.994. The van der Waals surface area contributed by atoms with E-state index in [-0.39, 0.29) is 4.48 Å². The van der Waals surface area contributed by atoms with Gasteiger partial charge in [-0.1, -0.05) is 0 Å². The van der Waals surface area contributed by atoms with Gasteiger partial charge in [-0.2, -0.15) is 5.10 Å². The van der Waals surface area contributed by atoms with Crippen molar-refractivity contribution in [3.05, 3.63) is 22.4 Å². The molecule has 1 rings (SSSR count). The fourth-order valence-electron chi connectivity index (χ4n) is 0.548. The summed E-state index contributed by atoms with van der Waals surface area (Å²) < 4.78 is 0.110. The summed E-state index contributed by atoms with van der Waals surface area (Å²) in [6.07, 6.45) is 4.60. The van der Waals surface area contributed by atoms with Crippen molar-refractivity contribution in [1.82, 2.24) is 10.2 Å². The number of hydrogen-bond acceptors (Lipinski definition) is 2. The molecule has 11 heavy (non-hydrogen) atoms. The van der Waals surface area contributed by atoms with Gasteiger partial charge in [0.1, 0.15) is 4.48 Å². The molecule has 0 saturated carbocycles. The molecule has 2 N–H and O–H groups in total. The molecule has 0 aliphatic heterocycles. The van der Waals surface area contributed by atoms with Crippen molar-refractivity contribution in [2.45, 2.75) is 0 Å². The van der Waals surface area contributed by atoms with Crippen LogP contribution in [0.2, 0.25) is 0 Å². The second-order valence-electron chi connectivity index (χ2n) is 1.83. The molecule has 0 spiro atoms. The SMILES string of the molecule is O=C(O)C(Br)=Cc1cn[nH]c1. The average molecular weight is 217 g/mol. The van der Waals surface area contributed by atoms with Gasteiger partial charge in [0.2, 0.25) is 0 Å². The molecule has 0 saturated heterocycles. The van der Waals surface area contributed by atoms with Gasteiger partial charge in [-0.15, -0.1) is 0 Å². The minimum Gasteiger partial charge on any atom is -0.477 e. The van der Waals surface area contributed by atoms with Crippen molar-refractivity contribution in [1.29, 1.82) is 0 Å². The number of hydrogen-bond donors (Lipinski definition) is 2. The molecule has 58 valence electrons. The summed E-state index contributed by atoms with van der Waals surface area (Å²) >= 11 is 2.88. The zero-order chi connectivity index (χ0) is 8.27. The Kier molecular flexibility index (Phi) is 2.43. The lowest BCUT2D eigenvalue weighted by molar-refractivity contribution is -0.131. The molecule has 1 heterocycles. The predicted molar refractivity (Wildman–Crippen MR) is 43.1 cm³/mol. The van der Waals surface area contributed by atoms with E-state index < -0.39 is 5.97 Å². The lowest BCUT2D eigenvalue weighted by atomic mass is 10.3. The summed E-state index contributed by atoms with van der Waals surface area (Å²) in [5.41, 5.74) is 0.722. The van der Waals surface area contributed by atoms with E-state index in [9.17, 15) is 4.79 Å². The van der Waals surface area contributed by atoms with E-state index in [0.717, 1.165) is 5.56 Å². The smallest absolute Gasteiger partial charge is 0.342 e. The van der Waals surface area contributed by atoms with Crippen LogP contribution in [0, 0.1) is 0 Å². The number of nitrogens with zero attached hydrogens (tertiary/aromatic N) is 1. The van der Waals surface area contributed by atoms with Gasteiger partial charge in [-0.3, -0.25) is 5.10 Å². The maximum atomic E-state index is 10.3. The van der Waals surface area contributed by atoms with Gasteiger partial charge in [0.25, 0.3) is 0 Å². The minimum absolute atomic E-state index is 0.110. The van der Waals surface area contributed by atoms with E-state index >= 15 is 0 Å². The number of carboxylic acid groups (broad SMARTS) is 1. The van der Waals surface area contributed by atoms with E-state index in [1.54, 1.807) is 6.20 Å². The third-order valence-electron chi connectivity index (χ3n) is 1.02. The molecule has 0 atom stereocenters. The summed E-state index contributed by atoms with van der Waals surface area (Å²) in [4.78, 5) is 10.3. The largest absolute Gasteiger partial charge is 0.477 e. The fraction of sp³-hybridized carbons (Fsp3) is 0. The number of aromatic nitrogens is 2. The highest BCUT2D eigenvalue weighted by molar-refractivity contribution is 9.12. The van der Waals surface area contributed by atoms with Crippen LogP contribution < -0.4 is 0 Å². The number of carbonyl (C=O) groups is 1. The first-order valence-electron chi connectivity index (χ1n) is 2.79. The highest BCUT2D eigenvalue weighted by atomic mass is 79.9. The molecule has 0 aliphatic carbocycles. The molecule has 0 unspecified atom stereocenters. The Bertz CT molecular complexity index is 279. The molecular formula is C6H5BrN2O2. The second kappa shape index (κ2) is 3.34. The molecule has 0 aromatic carbocycles. The highest BCUT2D eigenvalue weighted by Crippen LogP contribution is 2.10. The number of rotatable bonds is 2. The lowest BCUT2D eigenvalue weighted by Crippen LogP contribution is -1.91. The molecule has 1 aromatic rings. The van der Waals surface area contributed by atoms with Crippen molar-refractivity contribution >= 4 is 28.0 Å². The van der Waals surface area contributed by atoms with Crippen LogP contribution >= 0.6 is 15.9 Å². The van der Waals surface area contributed by atoms with Crippen LogP contribution in [0.15, 0.2) is 16.9 Å². The summed E-state index contributed by atoms with van der Waals surface area (Å²) in [7, 11) is 0. The first-order chi connectivity index (χ1) is 5.20. The van der Waals surface area contributed by atoms with Crippen LogP contribution in [0.3, 0.4) is 0 Å². The Labute approximate surface area is 71.1 Å². The summed E-state index contributed by atoms with van der Waals surface area (Å²) in [5.74, 6) is -0.994. The van der Waals surface area contributed by atoms with E-state index in [1.807, 2.05) is 0 Å². The third kappa shape index (κ3) is 2.19. The Morgan fingerprint density at radius 3 is 3.00 bits per heavy atom. The standard InChI is InChI=1S/C6H5BrN2O2/c7-5(6(10)11)1-4-2-8-9-3-4/h1-3H,(H,8,9)(H,10,11). The predicted octanol–water partition coefficient (Wildman–Crippen LogP) is 1.23. The number of halogens is 1. The van der Waals surface area contributed by atoms with Gasteiger partial charge in [-0.25, -0.2) is 4.79 Å². The van der Waals surface area contributed by atoms with Gasteiger partial charge in [0.15, 0.2) is 0 Å². The Hall–Kier alpha value is -1.10. The van der Waals surface area contributed by atoms with Crippen molar-refractivity contribution < 1.29 is 9.90 Å². The van der Waals surface area contributed by atoms with Crippen LogP contribution in [-0.2, 0) is 4.79 Å². The van der Waals surface area contributed by atoms with Crippen LogP contribution in [0.1, 0.15) is 5.56 Å². The number of aliphatic carboxylic acids is 1. The molecule has 0 amide bonds. The Balaban J connectivity index is 2.82. The Morgan fingerprint density at radius 1 is 1.82 bits per heavy atom. The fourth-order valence-corrected chi connectivity index (χ4v) is 0.812. The molecule has 1 aromatic heterocycles. The normalized spacial score (nSPS) is 11.5. The lowest BCUT2D eigenvalue weighted by Gasteiger charge is -1.86. The first kappa shape index (κ1) is 8.00. The Morgan fingerprint density at radius 2 is 2.55 bits per heavy atom. The maximum Gasteiger partial charge on any atom is 0.342 e. The van der Waals surface area contributed by atoms with Gasteiger partial charge in [-0.05, 0) is 22.0 Å². The van der Waals surface area contributed by atoms with Crippen LogP contribution in [-0.4, -0.2) is 21.3 Å². The summed E-state index contributed by atoms with van der Waals surface area (Å²) in [6, 6.07) is 0. The number of carboxylic acids is 1. The summed E-state index contributed by atoms with van der Waals surface area (Å²) in [5, 5.41) is 14.7. The monoisotopic (exact) mass is 216 g/mol. The number of nitrogens with one attached hydrogen (secondary N) is 1. The van der Waals surface area contributed by atoms with Crippen molar-refractivity contribution in [3.8, 4) is 0 Å². The molecule has 0 aliphatic rings. The summed E-state index contributed by atoms with van der Waals surface area (Å²) in [6.45, 7) is 0. The highest BCUT2D eigenvalue weighted by Gasteiger charge is 2.01. The van der Waals surface area contributed by atoms with Gasteiger partial charge in [0.05, 0.1) is 6.20 Å². The zero-order valence-electron chi connectivity index (χ0n) is 5.41. The van der Waals surface area contributed by atoms with Crippen LogP contribution in [0.4, 0.5) is 0 Å². The van der Waals surface area contributed by atoms with Crippen molar-refractivity contribution in [2.75, 3.05) is 0 Å². The van der Waals surface area contributed by atoms with Crippen LogP contribution in [0.5, 0.6) is 0 Å². The van der Waals surface area contributed by atoms with Gasteiger partial charge in [0, 0.05) is 11.8 Å². The third-order valence-corrected chi connectivity index (χ3v) is 1.59. The van der Waals surface area contributed by atoms with E-state index in [4.69, 9.17) is 5.11 Å². The molecular weight excluding hydrogens is 212 g/mol. The van der Waals surface area contributed by atoms with E-state index in [1.165, 1.54) is 12.3 Å². The average Bonchev–Trinajstić information content (AvgIpc) is 2.39. The van der Waals surface area contributed by atoms with Crippen LogP contribution in [0.25, 0.3) is 6.08 Å². The van der Waals surface area contributed by atoms with Gasteiger partial charge >= 0.3 is 5.97 Å². The maximum absolute atomic E-state index is 10.3. The second-order valence-corrected chi connectivity index (χ2v) is 2.68. The molecule has 4 nitrogen and oxygen atoms in total. The number of aromatic amines is 1. The molecule has 0 fully saturated rings. The molecule has 0 radical (unpaired) electrons. The number of H-pyrrole nitrogens is 1. The zero-order valence-corrected chi connectivity index (χ0v) is 7.00. The van der Waals surface area contributed by atoms with Crippen molar-refractivity contribution in [3.63, 3.8) is 0 Å². The molecule has 5 heteroatoms.